The number of hydrogen-bond acceptors (Lipinski definition) is 10. The first-order valence-electron chi connectivity index (χ1n) is 9.11. The summed E-state index contributed by atoms with van der Waals surface area (Å²) in [6.45, 7) is 2.08. The van der Waals surface area contributed by atoms with Crippen LogP contribution in [-0.2, 0) is 9.47 Å². The number of aliphatic imine (C=N–C) groups is 1. The van der Waals surface area contributed by atoms with Crippen molar-refractivity contribution in [2.45, 2.75) is 30.7 Å². The molecule has 158 valence electrons. The molecule has 0 radical (unpaired) electrons. The number of primary amides is 1. The van der Waals surface area contributed by atoms with Crippen LogP contribution in [0.4, 0.5) is 16.2 Å². The smallest absolute Gasteiger partial charge is 0.404 e. The van der Waals surface area contributed by atoms with Crippen molar-refractivity contribution in [1.82, 2.24) is 5.32 Å². The molecule has 0 saturated carbocycles. The molecular weight excluding hydrogens is 432 g/mol. The van der Waals surface area contributed by atoms with Crippen molar-refractivity contribution in [3.63, 3.8) is 0 Å². The number of amidine groups is 1. The van der Waals surface area contributed by atoms with Crippen LogP contribution in [0.1, 0.15) is 17.0 Å². The number of nitrogens with two attached hydrogens (primary N) is 1. The molecule has 4 heterocycles. The molecule has 0 bridgehead atoms. The average Bonchev–Trinajstić information content (AvgIpc) is 3.10. The molecule has 0 aliphatic carbocycles. The Balaban J connectivity index is 1.70. The number of anilines is 1. The normalized spacial score (nSPS) is 31.8. The van der Waals surface area contributed by atoms with Crippen LogP contribution < -0.4 is 16.0 Å². The highest BCUT2D eigenvalue weighted by Gasteiger charge is 2.71. The molecule has 0 aromatic heterocycles. The average molecular weight is 451 g/mol. The lowest BCUT2D eigenvalue weighted by molar-refractivity contribution is -0.0337. The van der Waals surface area contributed by atoms with Gasteiger partial charge in [0.05, 0.1) is 17.6 Å². The van der Waals surface area contributed by atoms with Crippen molar-refractivity contribution in [3.05, 3.63) is 11.1 Å². The fourth-order valence-corrected chi connectivity index (χ4v) is 5.51. The molecule has 11 nitrogen and oxygen atoms in total. The number of carbonyl (C=O) groups is 1. The summed E-state index contributed by atoms with van der Waals surface area (Å²) in [7, 11) is 1.55. The van der Waals surface area contributed by atoms with Gasteiger partial charge in [-0.25, -0.2) is 9.79 Å². The van der Waals surface area contributed by atoms with Crippen molar-refractivity contribution in [3.8, 4) is 11.5 Å². The van der Waals surface area contributed by atoms with Gasteiger partial charge in [-0.05, 0) is 30.9 Å². The number of fused-ring (bicyclic) bond motifs is 5. The summed E-state index contributed by atoms with van der Waals surface area (Å²) in [5.41, 5.74) is 5.61. The van der Waals surface area contributed by atoms with Crippen LogP contribution in [0, 0.1) is 6.92 Å². The summed E-state index contributed by atoms with van der Waals surface area (Å²) in [5, 5.41) is 33.5. The third-order valence-electron chi connectivity index (χ3n) is 6.04. The number of azo groups is 1. The Morgan fingerprint density at radius 1 is 1.47 bits per heavy atom. The third kappa shape index (κ3) is 2.49. The minimum atomic E-state index is -0.945. The second-order valence-electron chi connectivity index (χ2n) is 7.40. The van der Waals surface area contributed by atoms with E-state index < -0.39 is 17.7 Å². The van der Waals surface area contributed by atoms with E-state index in [9.17, 15) is 15.0 Å². The molecule has 2 fully saturated rings. The van der Waals surface area contributed by atoms with Crippen LogP contribution in [0.25, 0.3) is 0 Å². The Morgan fingerprint density at radius 2 is 2.23 bits per heavy atom. The maximum absolute atomic E-state index is 11.3. The zero-order valence-corrected chi connectivity index (χ0v) is 17.6. The third-order valence-corrected chi connectivity index (χ3v) is 6.99. The summed E-state index contributed by atoms with van der Waals surface area (Å²) in [5.74, 6) is -0.796. The molecule has 4 unspecified atom stereocenters. The first kappa shape index (κ1) is 19.5. The maximum atomic E-state index is 11.3. The highest BCUT2D eigenvalue weighted by Crippen LogP contribution is 2.64. The van der Waals surface area contributed by atoms with Crippen molar-refractivity contribution < 1.29 is 24.5 Å². The van der Waals surface area contributed by atoms with Crippen LogP contribution in [0.15, 0.2) is 15.2 Å². The minimum Gasteiger partial charge on any atom is -0.505 e. The molecule has 1 aromatic rings. The van der Waals surface area contributed by atoms with Gasteiger partial charge in [-0.1, -0.05) is 0 Å². The molecule has 4 aliphatic rings. The standard InChI is InChI=1S/C17H18N6O5S2/c1-5-9(20-15-21-22-16(29)30-15)12(25)8-6(4-28-14(18)26)17(27-2)13-7(19-13)3-23(17)10(8)11(5)24/h6-7,13,19,24-25H,3-4H2,1-2H3,(H2,18,26). The number of hydrogen-bond donors (Lipinski definition) is 4. The quantitative estimate of drug-likeness (QED) is 0.303. The van der Waals surface area contributed by atoms with Crippen LogP contribution >= 0.6 is 24.0 Å². The first-order valence-corrected chi connectivity index (χ1v) is 10.3. The van der Waals surface area contributed by atoms with Gasteiger partial charge in [-0.3, -0.25) is 0 Å². The number of phenols is 2. The predicted octanol–water partition coefficient (Wildman–Crippen LogP) is 1.57. The van der Waals surface area contributed by atoms with Crippen LogP contribution in [-0.4, -0.2) is 63.9 Å². The minimum absolute atomic E-state index is 0.0334. The number of rotatable bonds is 4. The van der Waals surface area contributed by atoms with Crippen molar-refractivity contribution >= 4 is 50.9 Å². The van der Waals surface area contributed by atoms with Crippen LogP contribution in [0.3, 0.4) is 0 Å². The molecule has 1 aromatic carbocycles. The van der Waals surface area contributed by atoms with E-state index in [1.807, 2.05) is 4.90 Å². The molecule has 30 heavy (non-hydrogen) atoms. The zero-order valence-electron chi connectivity index (χ0n) is 15.9. The Kier molecular flexibility index (Phi) is 4.23. The van der Waals surface area contributed by atoms with E-state index in [0.29, 0.717) is 27.7 Å². The number of methoxy groups -OCH3 is 1. The molecule has 2 saturated heterocycles. The maximum Gasteiger partial charge on any atom is 0.404 e. The number of piperazine rings is 1. The summed E-state index contributed by atoms with van der Waals surface area (Å²) in [6.07, 6.45) is -0.938. The molecule has 13 heteroatoms. The Morgan fingerprint density at radius 3 is 2.87 bits per heavy atom. The number of thioether (sulfide) groups is 1. The van der Waals surface area contributed by atoms with E-state index in [4.69, 9.17) is 27.4 Å². The monoisotopic (exact) mass is 450 g/mol. The van der Waals surface area contributed by atoms with Gasteiger partial charge in [0, 0.05) is 30.8 Å². The lowest BCUT2D eigenvalue weighted by atomic mass is 9.88. The highest BCUT2D eigenvalue weighted by atomic mass is 32.2. The van der Waals surface area contributed by atoms with E-state index in [-0.39, 0.29) is 41.0 Å². The number of amides is 1. The number of ether oxygens (including phenoxy) is 2. The number of phenolic OH excluding ortho intramolecular Hbond substituents is 2. The molecule has 5 rings (SSSR count). The largest absolute Gasteiger partial charge is 0.505 e. The topological polar surface area (TPSA) is 164 Å². The summed E-state index contributed by atoms with van der Waals surface area (Å²) in [4.78, 5) is 17.6. The number of nitrogens with zero attached hydrogens (tertiary/aromatic N) is 4. The van der Waals surface area contributed by atoms with E-state index in [1.165, 1.54) is 0 Å². The highest BCUT2D eigenvalue weighted by molar-refractivity contribution is 8.33. The Hall–Kier alpha value is -2.48. The summed E-state index contributed by atoms with van der Waals surface area (Å²) >= 11 is 6.07. The first-order chi connectivity index (χ1) is 14.3. The fraction of sp³-hybridized carbons (Fsp3) is 0.471. The second kappa shape index (κ2) is 6.51. The van der Waals surface area contributed by atoms with E-state index >= 15 is 0 Å². The number of carbonyl (C=O) groups excluding carboxylic acids is 1. The van der Waals surface area contributed by atoms with Crippen LogP contribution in [0.2, 0.25) is 0 Å². The van der Waals surface area contributed by atoms with Crippen LogP contribution in [0.5, 0.6) is 11.5 Å². The van der Waals surface area contributed by atoms with Gasteiger partial charge in [-0.15, -0.1) is 10.2 Å². The van der Waals surface area contributed by atoms with E-state index in [0.717, 1.165) is 11.8 Å². The molecule has 0 spiro atoms. The second-order valence-corrected chi connectivity index (χ2v) is 9.00. The predicted molar refractivity (Wildman–Crippen MR) is 113 cm³/mol. The van der Waals surface area contributed by atoms with Gasteiger partial charge >= 0.3 is 6.09 Å². The SMILES string of the molecule is COC12C(COC(N)=O)c3c(O)c(N=C4N=NC(=S)S4)c(C)c(O)c3N1CC1NC12. The van der Waals surface area contributed by atoms with Crippen molar-refractivity contribution in [2.75, 3.05) is 25.2 Å². The lowest BCUT2D eigenvalue weighted by Gasteiger charge is -2.38. The fourth-order valence-electron chi connectivity index (χ4n) is 4.79. The zero-order chi connectivity index (χ0) is 21.4. The molecular formula is C17H18N6O5S2. The van der Waals surface area contributed by atoms with Gasteiger partial charge in [0.15, 0.2) is 10.0 Å². The Bertz CT molecular complexity index is 1060. The number of thiocarbonyl (C=S) groups is 1. The lowest BCUT2D eigenvalue weighted by Crippen LogP contribution is -2.54. The van der Waals surface area contributed by atoms with Crippen molar-refractivity contribution in [2.24, 2.45) is 21.0 Å². The molecule has 4 aliphatic heterocycles. The van der Waals surface area contributed by atoms with Gasteiger partial charge in [-0.2, -0.15) is 0 Å². The van der Waals surface area contributed by atoms with Crippen molar-refractivity contribution in [1.29, 1.82) is 0 Å². The molecule has 1 amide bonds. The molecule has 5 N–H and O–H groups in total. The number of benzene rings is 1. The van der Waals surface area contributed by atoms with Gasteiger partial charge in [0.1, 0.15) is 23.8 Å². The Labute approximate surface area is 180 Å². The summed E-state index contributed by atoms with van der Waals surface area (Å²) in [6, 6.07) is 0.120. The molecule has 4 atom stereocenters. The number of aromatic hydroxyl groups is 2. The van der Waals surface area contributed by atoms with Gasteiger partial charge in [0.2, 0.25) is 5.17 Å². The van der Waals surface area contributed by atoms with Gasteiger partial charge in [0.25, 0.3) is 0 Å². The number of nitrogens with one attached hydrogen (secondary N) is 1. The van der Waals surface area contributed by atoms with Gasteiger partial charge < -0.3 is 35.6 Å². The van der Waals surface area contributed by atoms with E-state index in [2.05, 4.69) is 20.5 Å². The van der Waals surface area contributed by atoms with E-state index in [1.54, 1.807) is 14.0 Å². The summed E-state index contributed by atoms with van der Waals surface area (Å²) < 4.78 is 11.4.